The molecule has 0 unspecified atom stereocenters. The SMILES string of the molecule is N[C@H](c1c(Br)cc(Br)c(O)c1Br)C1CCC1. The maximum atomic E-state index is 9.86. The zero-order chi connectivity index (χ0) is 11.9. The molecule has 88 valence electrons. The van der Waals surface area contributed by atoms with E-state index in [0.717, 1.165) is 10.0 Å². The number of benzene rings is 1. The number of nitrogens with two attached hydrogens (primary N) is 1. The van der Waals surface area contributed by atoms with Gasteiger partial charge in [-0.1, -0.05) is 22.4 Å². The van der Waals surface area contributed by atoms with E-state index in [4.69, 9.17) is 5.73 Å². The predicted molar refractivity (Wildman–Crippen MR) is 75.5 cm³/mol. The minimum Gasteiger partial charge on any atom is -0.506 e. The maximum absolute atomic E-state index is 9.86. The molecule has 1 aliphatic rings. The van der Waals surface area contributed by atoms with Crippen LogP contribution in [0.3, 0.4) is 0 Å². The van der Waals surface area contributed by atoms with Crippen LogP contribution in [-0.4, -0.2) is 5.11 Å². The normalized spacial score (nSPS) is 18.2. The van der Waals surface area contributed by atoms with Gasteiger partial charge in [-0.15, -0.1) is 0 Å². The van der Waals surface area contributed by atoms with Crippen LogP contribution in [0.1, 0.15) is 30.9 Å². The van der Waals surface area contributed by atoms with Gasteiger partial charge in [-0.3, -0.25) is 0 Å². The molecule has 1 fully saturated rings. The van der Waals surface area contributed by atoms with Gasteiger partial charge < -0.3 is 10.8 Å². The molecule has 3 N–H and O–H groups in total. The summed E-state index contributed by atoms with van der Waals surface area (Å²) in [5, 5.41) is 9.86. The Labute approximate surface area is 120 Å². The smallest absolute Gasteiger partial charge is 0.144 e. The van der Waals surface area contributed by atoms with Crippen molar-refractivity contribution in [3.63, 3.8) is 0 Å². The van der Waals surface area contributed by atoms with Crippen molar-refractivity contribution in [1.82, 2.24) is 0 Å². The van der Waals surface area contributed by atoms with E-state index in [1.165, 1.54) is 19.3 Å². The van der Waals surface area contributed by atoms with E-state index in [2.05, 4.69) is 47.8 Å². The lowest BCUT2D eigenvalue weighted by molar-refractivity contribution is 0.263. The molecule has 16 heavy (non-hydrogen) atoms. The second kappa shape index (κ2) is 4.96. The first-order valence-electron chi connectivity index (χ1n) is 5.14. The largest absolute Gasteiger partial charge is 0.506 e. The standard InChI is InChI=1S/C11H12Br3NO/c12-6-4-7(13)11(16)9(14)8(6)10(15)5-2-1-3-5/h4-5,10,16H,1-3,15H2/t10-/m0/s1. The summed E-state index contributed by atoms with van der Waals surface area (Å²) in [7, 11) is 0. The van der Waals surface area contributed by atoms with Crippen LogP contribution in [-0.2, 0) is 0 Å². The molecule has 0 aliphatic heterocycles. The van der Waals surface area contributed by atoms with E-state index in [1.54, 1.807) is 0 Å². The average molecular weight is 414 g/mol. The van der Waals surface area contributed by atoms with Gasteiger partial charge in [-0.2, -0.15) is 0 Å². The lowest BCUT2D eigenvalue weighted by Gasteiger charge is -2.32. The van der Waals surface area contributed by atoms with Crippen molar-refractivity contribution in [2.45, 2.75) is 25.3 Å². The van der Waals surface area contributed by atoms with Crippen LogP contribution < -0.4 is 5.73 Å². The summed E-state index contributed by atoms with van der Waals surface area (Å²) in [5.41, 5.74) is 7.20. The Morgan fingerprint density at radius 1 is 1.25 bits per heavy atom. The van der Waals surface area contributed by atoms with Crippen LogP contribution in [0.25, 0.3) is 0 Å². The van der Waals surface area contributed by atoms with Gasteiger partial charge in [0.2, 0.25) is 0 Å². The van der Waals surface area contributed by atoms with Crippen LogP contribution in [0.15, 0.2) is 19.5 Å². The van der Waals surface area contributed by atoms with Crippen molar-refractivity contribution in [3.8, 4) is 5.75 Å². The van der Waals surface area contributed by atoms with Crippen LogP contribution in [0.2, 0.25) is 0 Å². The van der Waals surface area contributed by atoms with Crippen LogP contribution in [0, 0.1) is 5.92 Å². The molecule has 1 aromatic carbocycles. The second-order valence-corrected chi connectivity index (χ2v) is 6.63. The van der Waals surface area contributed by atoms with Gasteiger partial charge in [-0.25, -0.2) is 0 Å². The van der Waals surface area contributed by atoms with Crippen molar-refractivity contribution in [2.24, 2.45) is 11.7 Å². The Bertz CT molecular complexity index is 418. The molecule has 2 nitrogen and oxygen atoms in total. The third-order valence-electron chi connectivity index (χ3n) is 3.17. The van der Waals surface area contributed by atoms with E-state index in [-0.39, 0.29) is 11.8 Å². The fourth-order valence-corrected chi connectivity index (χ4v) is 4.58. The Hall–Kier alpha value is 0.420. The minimum absolute atomic E-state index is 0.0171. The molecular formula is C11H12Br3NO. The quantitative estimate of drug-likeness (QED) is 0.750. The Balaban J connectivity index is 2.42. The lowest BCUT2D eigenvalue weighted by atomic mass is 9.77. The molecule has 0 bridgehead atoms. The summed E-state index contributed by atoms with van der Waals surface area (Å²) in [6, 6.07) is 1.82. The molecule has 0 spiro atoms. The number of aromatic hydroxyl groups is 1. The molecule has 2 rings (SSSR count). The molecule has 0 radical (unpaired) electrons. The zero-order valence-electron chi connectivity index (χ0n) is 8.51. The average Bonchev–Trinajstić information content (AvgIpc) is 2.11. The van der Waals surface area contributed by atoms with Gasteiger partial charge in [-0.05, 0) is 56.7 Å². The Morgan fingerprint density at radius 2 is 1.88 bits per heavy atom. The molecule has 0 heterocycles. The summed E-state index contributed by atoms with van der Waals surface area (Å²) in [6.07, 6.45) is 3.61. The van der Waals surface area contributed by atoms with Gasteiger partial charge in [0.25, 0.3) is 0 Å². The van der Waals surface area contributed by atoms with E-state index in [9.17, 15) is 5.11 Å². The van der Waals surface area contributed by atoms with Crippen LogP contribution >= 0.6 is 47.8 Å². The number of hydrogen-bond donors (Lipinski definition) is 2. The van der Waals surface area contributed by atoms with Gasteiger partial charge in [0, 0.05) is 16.1 Å². The molecule has 5 heteroatoms. The van der Waals surface area contributed by atoms with Crippen LogP contribution in [0.4, 0.5) is 0 Å². The predicted octanol–water partition coefficient (Wildman–Crippen LogP) is 4.48. The molecule has 0 aromatic heterocycles. The summed E-state index contributed by atoms with van der Waals surface area (Å²) < 4.78 is 2.28. The summed E-state index contributed by atoms with van der Waals surface area (Å²) >= 11 is 10.2. The highest BCUT2D eigenvalue weighted by Crippen LogP contribution is 2.46. The Morgan fingerprint density at radius 3 is 2.38 bits per heavy atom. The van der Waals surface area contributed by atoms with Crippen LogP contribution in [0.5, 0.6) is 5.75 Å². The van der Waals surface area contributed by atoms with Crippen molar-refractivity contribution >= 4 is 47.8 Å². The third kappa shape index (κ3) is 2.19. The van der Waals surface area contributed by atoms with Crippen molar-refractivity contribution in [1.29, 1.82) is 0 Å². The molecule has 1 aromatic rings. The number of phenolic OH excluding ortho intramolecular Hbond substituents is 1. The third-order valence-corrected chi connectivity index (χ3v) is 5.24. The first kappa shape index (κ1) is 12.9. The molecule has 1 aliphatic carbocycles. The number of hydrogen-bond acceptors (Lipinski definition) is 2. The van der Waals surface area contributed by atoms with Crippen molar-refractivity contribution < 1.29 is 5.11 Å². The molecule has 0 amide bonds. The fourth-order valence-electron chi connectivity index (χ4n) is 1.93. The van der Waals surface area contributed by atoms with Crippen molar-refractivity contribution in [2.75, 3.05) is 0 Å². The van der Waals surface area contributed by atoms with Gasteiger partial charge >= 0.3 is 0 Å². The van der Waals surface area contributed by atoms with Crippen molar-refractivity contribution in [3.05, 3.63) is 25.0 Å². The Kier molecular flexibility index (Phi) is 3.99. The monoisotopic (exact) mass is 411 g/mol. The summed E-state index contributed by atoms with van der Waals surface area (Å²) in [5.74, 6) is 0.751. The summed E-state index contributed by atoms with van der Waals surface area (Å²) in [4.78, 5) is 0. The van der Waals surface area contributed by atoms with E-state index >= 15 is 0 Å². The number of phenols is 1. The van der Waals surface area contributed by atoms with E-state index < -0.39 is 0 Å². The van der Waals surface area contributed by atoms with Gasteiger partial charge in [0.05, 0.1) is 8.95 Å². The van der Waals surface area contributed by atoms with Gasteiger partial charge in [0.1, 0.15) is 5.75 Å². The first-order valence-corrected chi connectivity index (χ1v) is 7.52. The first-order chi connectivity index (χ1) is 7.52. The van der Waals surface area contributed by atoms with E-state index in [0.29, 0.717) is 14.9 Å². The second-order valence-electron chi connectivity index (χ2n) is 4.13. The molecule has 1 saturated carbocycles. The highest BCUT2D eigenvalue weighted by molar-refractivity contribution is 9.11. The molecule has 0 saturated heterocycles. The topological polar surface area (TPSA) is 46.2 Å². The van der Waals surface area contributed by atoms with Gasteiger partial charge in [0.15, 0.2) is 0 Å². The minimum atomic E-state index is -0.0171. The molecule has 1 atom stereocenters. The fraction of sp³-hybridized carbons (Fsp3) is 0.455. The van der Waals surface area contributed by atoms with E-state index in [1.807, 2.05) is 6.07 Å². The summed E-state index contributed by atoms with van der Waals surface area (Å²) in [6.45, 7) is 0. The number of rotatable bonds is 2. The zero-order valence-corrected chi connectivity index (χ0v) is 13.3. The highest BCUT2D eigenvalue weighted by atomic mass is 79.9. The maximum Gasteiger partial charge on any atom is 0.144 e. The lowest BCUT2D eigenvalue weighted by Crippen LogP contribution is -2.27. The molecular weight excluding hydrogens is 402 g/mol. The highest BCUT2D eigenvalue weighted by Gasteiger charge is 2.29. The number of halogens is 3.